The summed E-state index contributed by atoms with van der Waals surface area (Å²) in [6.45, 7) is 0. The van der Waals surface area contributed by atoms with E-state index in [9.17, 15) is 13.6 Å². The van der Waals surface area contributed by atoms with Crippen LogP contribution >= 0.6 is 0 Å². The summed E-state index contributed by atoms with van der Waals surface area (Å²) in [7, 11) is 0. The molecular formula is C14H8F2N2O2. The summed E-state index contributed by atoms with van der Waals surface area (Å²) < 4.78 is 28.4. The molecule has 0 saturated heterocycles. The largest absolute Gasteiger partial charge is 0.478 e. The SMILES string of the molecule is O=C(O)c1ccn2cc(-c3cc(F)ccc3F)nc2c1. The predicted molar refractivity (Wildman–Crippen MR) is 67.5 cm³/mol. The van der Waals surface area contributed by atoms with Crippen LogP contribution in [-0.2, 0) is 0 Å². The van der Waals surface area contributed by atoms with Gasteiger partial charge < -0.3 is 9.51 Å². The van der Waals surface area contributed by atoms with Gasteiger partial charge in [-0.1, -0.05) is 0 Å². The molecule has 0 atom stereocenters. The maximum absolute atomic E-state index is 13.7. The minimum atomic E-state index is -1.08. The first-order valence-electron chi connectivity index (χ1n) is 5.72. The number of pyridine rings is 1. The fraction of sp³-hybridized carbons (Fsp3) is 0. The number of benzene rings is 1. The van der Waals surface area contributed by atoms with Crippen molar-refractivity contribution in [2.45, 2.75) is 0 Å². The van der Waals surface area contributed by atoms with Gasteiger partial charge in [0.05, 0.1) is 11.3 Å². The third-order valence-electron chi connectivity index (χ3n) is 2.91. The van der Waals surface area contributed by atoms with Gasteiger partial charge in [-0.2, -0.15) is 0 Å². The molecule has 0 aliphatic heterocycles. The molecule has 0 bridgehead atoms. The van der Waals surface area contributed by atoms with E-state index in [0.717, 1.165) is 18.2 Å². The Hall–Kier alpha value is -2.76. The van der Waals surface area contributed by atoms with Gasteiger partial charge in [-0.05, 0) is 30.3 Å². The number of carbonyl (C=O) groups is 1. The van der Waals surface area contributed by atoms with E-state index in [1.807, 2.05) is 0 Å². The first-order chi connectivity index (χ1) is 9.54. The Morgan fingerprint density at radius 2 is 2.00 bits per heavy atom. The molecule has 4 nitrogen and oxygen atoms in total. The van der Waals surface area contributed by atoms with E-state index in [1.165, 1.54) is 24.5 Å². The van der Waals surface area contributed by atoms with E-state index >= 15 is 0 Å². The minimum absolute atomic E-state index is 0.0329. The smallest absolute Gasteiger partial charge is 0.335 e. The van der Waals surface area contributed by atoms with Crippen molar-refractivity contribution in [3.05, 3.63) is 59.9 Å². The molecule has 0 fully saturated rings. The van der Waals surface area contributed by atoms with Crippen molar-refractivity contribution >= 4 is 11.6 Å². The van der Waals surface area contributed by atoms with Crippen LogP contribution in [0.2, 0.25) is 0 Å². The van der Waals surface area contributed by atoms with Crippen LogP contribution in [0.3, 0.4) is 0 Å². The topological polar surface area (TPSA) is 54.6 Å². The number of hydrogen-bond donors (Lipinski definition) is 1. The van der Waals surface area contributed by atoms with Crippen molar-refractivity contribution in [3.8, 4) is 11.3 Å². The van der Waals surface area contributed by atoms with Crippen LogP contribution in [0.5, 0.6) is 0 Å². The van der Waals surface area contributed by atoms with Gasteiger partial charge in [-0.25, -0.2) is 18.6 Å². The average Bonchev–Trinajstić information content (AvgIpc) is 2.83. The standard InChI is InChI=1S/C14H8F2N2O2/c15-9-1-2-11(16)10(6-9)12-7-18-4-3-8(14(19)20)5-13(18)17-12/h1-7H,(H,19,20). The zero-order chi connectivity index (χ0) is 14.3. The lowest BCUT2D eigenvalue weighted by molar-refractivity contribution is 0.0697. The number of aromatic carboxylic acids is 1. The molecule has 6 heteroatoms. The van der Waals surface area contributed by atoms with Crippen LogP contribution in [0.15, 0.2) is 42.7 Å². The molecule has 1 N–H and O–H groups in total. The number of hydrogen-bond acceptors (Lipinski definition) is 2. The van der Waals surface area contributed by atoms with E-state index in [-0.39, 0.29) is 16.8 Å². The molecule has 0 radical (unpaired) electrons. The van der Waals surface area contributed by atoms with Crippen molar-refractivity contribution in [3.63, 3.8) is 0 Å². The summed E-state index contributed by atoms with van der Waals surface area (Å²) in [6.07, 6.45) is 3.02. The number of carboxylic acid groups (broad SMARTS) is 1. The molecule has 100 valence electrons. The number of nitrogens with zero attached hydrogens (tertiary/aromatic N) is 2. The van der Waals surface area contributed by atoms with E-state index in [2.05, 4.69) is 4.98 Å². The second-order valence-corrected chi connectivity index (χ2v) is 4.24. The van der Waals surface area contributed by atoms with Gasteiger partial charge in [0, 0.05) is 18.0 Å². The highest BCUT2D eigenvalue weighted by atomic mass is 19.1. The molecule has 1 aromatic carbocycles. The molecule has 0 unspecified atom stereocenters. The quantitative estimate of drug-likeness (QED) is 0.781. The maximum atomic E-state index is 13.7. The predicted octanol–water partition coefficient (Wildman–Crippen LogP) is 2.98. The van der Waals surface area contributed by atoms with Gasteiger partial charge in [-0.3, -0.25) is 0 Å². The van der Waals surface area contributed by atoms with Gasteiger partial charge in [0.15, 0.2) is 0 Å². The molecule has 20 heavy (non-hydrogen) atoms. The Morgan fingerprint density at radius 1 is 1.20 bits per heavy atom. The van der Waals surface area contributed by atoms with Crippen LogP contribution in [0.1, 0.15) is 10.4 Å². The maximum Gasteiger partial charge on any atom is 0.335 e. The first-order valence-corrected chi connectivity index (χ1v) is 5.72. The average molecular weight is 274 g/mol. The fourth-order valence-corrected chi connectivity index (χ4v) is 1.94. The molecule has 2 heterocycles. The van der Waals surface area contributed by atoms with E-state index in [1.54, 1.807) is 4.40 Å². The van der Waals surface area contributed by atoms with Gasteiger partial charge >= 0.3 is 5.97 Å². The number of imidazole rings is 1. The minimum Gasteiger partial charge on any atom is -0.478 e. The van der Waals surface area contributed by atoms with Crippen LogP contribution in [-0.4, -0.2) is 20.5 Å². The Morgan fingerprint density at radius 3 is 2.75 bits per heavy atom. The van der Waals surface area contributed by atoms with Gasteiger partial charge in [0.25, 0.3) is 0 Å². The fourth-order valence-electron chi connectivity index (χ4n) is 1.94. The zero-order valence-electron chi connectivity index (χ0n) is 10.0. The molecule has 3 rings (SSSR count). The molecular weight excluding hydrogens is 266 g/mol. The number of fused-ring (bicyclic) bond motifs is 1. The summed E-state index contributed by atoms with van der Waals surface area (Å²) in [5.41, 5.74) is 0.702. The second-order valence-electron chi connectivity index (χ2n) is 4.24. The van der Waals surface area contributed by atoms with Crippen LogP contribution in [0, 0.1) is 11.6 Å². The number of rotatable bonds is 2. The molecule has 0 aliphatic rings. The van der Waals surface area contributed by atoms with Crippen molar-refractivity contribution < 1.29 is 18.7 Å². The molecule has 0 amide bonds. The Bertz CT molecular complexity index is 827. The Labute approximate surface area is 111 Å². The Balaban J connectivity index is 2.17. The van der Waals surface area contributed by atoms with E-state index < -0.39 is 17.6 Å². The molecule has 0 saturated carbocycles. The summed E-state index contributed by atoms with van der Waals surface area (Å²) >= 11 is 0. The molecule has 0 spiro atoms. The summed E-state index contributed by atoms with van der Waals surface area (Å²) in [5, 5.41) is 8.90. The van der Waals surface area contributed by atoms with Crippen molar-refractivity contribution in [2.75, 3.05) is 0 Å². The highest BCUT2D eigenvalue weighted by Crippen LogP contribution is 2.23. The molecule has 2 aromatic heterocycles. The van der Waals surface area contributed by atoms with Crippen molar-refractivity contribution in [1.29, 1.82) is 0 Å². The van der Waals surface area contributed by atoms with Crippen molar-refractivity contribution in [1.82, 2.24) is 9.38 Å². The lowest BCUT2D eigenvalue weighted by atomic mass is 10.1. The summed E-state index contributed by atoms with van der Waals surface area (Å²) in [6, 6.07) is 5.87. The first kappa shape index (κ1) is 12.3. The molecule has 3 aromatic rings. The Kier molecular flexibility index (Phi) is 2.71. The monoisotopic (exact) mass is 274 g/mol. The lowest BCUT2D eigenvalue weighted by Crippen LogP contribution is -1.96. The van der Waals surface area contributed by atoms with E-state index in [4.69, 9.17) is 5.11 Å². The highest BCUT2D eigenvalue weighted by Gasteiger charge is 2.12. The number of carboxylic acids is 1. The zero-order valence-corrected chi connectivity index (χ0v) is 10.0. The highest BCUT2D eigenvalue weighted by molar-refractivity contribution is 5.88. The normalized spacial score (nSPS) is 10.9. The van der Waals surface area contributed by atoms with Gasteiger partial charge in [0.2, 0.25) is 0 Å². The van der Waals surface area contributed by atoms with Crippen LogP contribution in [0.4, 0.5) is 8.78 Å². The molecule has 0 aliphatic carbocycles. The third kappa shape index (κ3) is 2.01. The third-order valence-corrected chi connectivity index (χ3v) is 2.91. The van der Waals surface area contributed by atoms with Crippen LogP contribution < -0.4 is 0 Å². The summed E-state index contributed by atoms with van der Waals surface area (Å²) in [5.74, 6) is -2.23. The van der Waals surface area contributed by atoms with Gasteiger partial charge in [0.1, 0.15) is 17.3 Å². The number of halogens is 2. The summed E-state index contributed by atoms with van der Waals surface area (Å²) in [4.78, 5) is 15.0. The number of aromatic nitrogens is 2. The van der Waals surface area contributed by atoms with Crippen molar-refractivity contribution in [2.24, 2.45) is 0 Å². The van der Waals surface area contributed by atoms with E-state index in [0.29, 0.717) is 5.65 Å². The second kappa shape index (κ2) is 4.41. The van der Waals surface area contributed by atoms with Crippen LogP contribution in [0.25, 0.3) is 16.9 Å². The van der Waals surface area contributed by atoms with Gasteiger partial charge in [-0.15, -0.1) is 0 Å². The lowest BCUT2D eigenvalue weighted by Gasteiger charge is -1.98.